The number of hydrogen-bond donors (Lipinski definition) is 1. The molecule has 0 aromatic heterocycles. The van der Waals surface area contributed by atoms with Gasteiger partial charge in [0.05, 0.1) is 12.6 Å². The smallest absolute Gasteiger partial charge is 0.167 e. The van der Waals surface area contributed by atoms with Crippen LogP contribution in [-0.4, -0.2) is 37.2 Å². The van der Waals surface area contributed by atoms with Crippen molar-refractivity contribution in [2.24, 2.45) is 0 Å². The van der Waals surface area contributed by atoms with Gasteiger partial charge in [-0.1, -0.05) is 15.3 Å². The van der Waals surface area contributed by atoms with E-state index < -0.39 is 5.41 Å². The summed E-state index contributed by atoms with van der Waals surface area (Å²) in [4.78, 5) is 2.44. The quantitative estimate of drug-likeness (QED) is 0.847. The first-order valence-corrected chi connectivity index (χ1v) is 9.19. The van der Waals surface area contributed by atoms with E-state index in [0.29, 0.717) is 12.6 Å². The maximum atomic E-state index is 15.0. The summed E-state index contributed by atoms with van der Waals surface area (Å²) in [5.74, 6) is 0. The summed E-state index contributed by atoms with van der Waals surface area (Å²) in [6.45, 7) is 10.2. The second-order valence-electron chi connectivity index (χ2n) is 6.89. The third-order valence-corrected chi connectivity index (χ3v) is 5.60. The van der Waals surface area contributed by atoms with E-state index in [1.807, 2.05) is 0 Å². The number of alkyl halides is 1. The third kappa shape index (κ3) is 3.40. The van der Waals surface area contributed by atoms with Crippen LogP contribution in [0, 0.1) is 13.8 Å². The van der Waals surface area contributed by atoms with Crippen molar-refractivity contribution in [2.75, 3.05) is 31.6 Å². The zero-order valence-electron chi connectivity index (χ0n) is 14.4. The van der Waals surface area contributed by atoms with Gasteiger partial charge < -0.3 is 10.1 Å². The minimum atomic E-state index is -1.36. The largest absolute Gasteiger partial charge is 0.381 e. The molecule has 2 unspecified atom stereocenters. The summed E-state index contributed by atoms with van der Waals surface area (Å²) < 4.78 is 20.7. The maximum Gasteiger partial charge on any atom is 0.167 e. The summed E-state index contributed by atoms with van der Waals surface area (Å²) in [5, 5.41) is 1.90. The average molecular weight is 338 g/mol. The highest BCUT2D eigenvalue weighted by Crippen LogP contribution is 2.47. The van der Waals surface area contributed by atoms with E-state index in [0.717, 1.165) is 61.5 Å². The minimum absolute atomic E-state index is 0.344. The van der Waals surface area contributed by atoms with Crippen molar-refractivity contribution in [1.29, 1.82) is 0 Å². The Labute approximate surface area is 141 Å². The molecule has 3 rings (SSSR count). The standard InChI is InChI=1S/C18H28FN2OP/c1-4-22-14-5-7-21(8-6-14)10-15-12(2)9-13(3)17-16(15)18(19,23)11-20-17/h9,14,20H,4-8,10-11,23H2,1-3H3. The number of fused-ring (bicyclic) bond motifs is 1. The zero-order chi connectivity index (χ0) is 16.6. The van der Waals surface area contributed by atoms with E-state index in [1.54, 1.807) is 0 Å². The molecule has 1 aromatic carbocycles. The molecule has 1 saturated heterocycles. The normalized spacial score (nSPS) is 25.4. The molecule has 0 saturated carbocycles. The Bertz CT molecular complexity index is 583. The fourth-order valence-corrected chi connectivity index (χ4v) is 4.34. The number of rotatable bonds is 4. The lowest BCUT2D eigenvalue weighted by Crippen LogP contribution is -2.37. The first-order chi connectivity index (χ1) is 10.9. The summed E-state index contributed by atoms with van der Waals surface area (Å²) in [7, 11) is 2.41. The van der Waals surface area contributed by atoms with Crippen LogP contribution < -0.4 is 5.32 Å². The lowest BCUT2D eigenvalue weighted by molar-refractivity contribution is 0.0123. The van der Waals surface area contributed by atoms with Crippen LogP contribution in [0.4, 0.5) is 10.1 Å². The monoisotopic (exact) mass is 338 g/mol. The number of anilines is 1. The number of benzene rings is 1. The fourth-order valence-electron chi connectivity index (χ4n) is 3.92. The number of likely N-dealkylation sites (tertiary alicyclic amines) is 1. The number of nitrogens with zero attached hydrogens (tertiary/aromatic N) is 1. The van der Waals surface area contributed by atoms with E-state index in [1.165, 1.54) is 5.56 Å². The van der Waals surface area contributed by atoms with Gasteiger partial charge in [0.15, 0.2) is 5.41 Å². The predicted molar refractivity (Wildman–Crippen MR) is 96.8 cm³/mol. The molecule has 5 heteroatoms. The molecule has 0 radical (unpaired) electrons. The van der Waals surface area contributed by atoms with Gasteiger partial charge >= 0.3 is 0 Å². The van der Waals surface area contributed by atoms with E-state index >= 15 is 4.39 Å². The Morgan fingerprint density at radius 3 is 2.70 bits per heavy atom. The van der Waals surface area contributed by atoms with Crippen LogP contribution in [0.15, 0.2) is 6.07 Å². The number of aryl methyl sites for hydroxylation is 2. The van der Waals surface area contributed by atoms with Crippen LogP contribution in [-0.2, 0) is 16.7 Å². The second-order valence-corrected chi connectivity index (χ2v) is 7.80. The molecule has 23 heavy (non-hydrogen) atoms. The van der Waals surface area contributed by atoms with Gasteiger partial charge in [0.2, 0.25) is 0 Å². The molecular formula is C18H28FN2OP. The third-order valence-electron chi connectivity index (χ3n) is 5.11. The maximum absolute atomic E-state index is 15.0. The molecule has 2 heterocycles. The Hall–Kier alpha value is -0.700. The first-order valence-electron chi connectivity index (χ1n) is 8.61. The number of ether oxygens (including phenoxy) is 1. The van der Waals surface area contributed by atoms with E-state index in [-0.39, 0.29) is 0 Å². The summed E-state index contributed by atoms with van der Waals surface area (Å²) in [6, 6.07) is 2.18. The number of piperidine rings is 1. The Balaban J connectivity index is 1.81. The molecular weight excluding hydrogens is 310 g/mol. The van der Waals surface area contributed by atoms with Gasteiger partial charge in [0.1, 0.15) is 0 Å². The van der Waals surface area contributed by atoms with E-state index in [2.05, 4.69) is 46.3 Å². The summed E-state index contributed by atoms with van der Waals surface area (Å²) in [5.41, 5.74) is 5.34. The molecule has 1 fully saturated rings. The van der Waals surface area contributed by atoms with Crippen molar-refractivity contribution in [1.82, 2.24) is 4.90 Å². The van der Waals surface area contributed by atoms with Gasteiger partial charge in [0.25, 0.3) is 0 Å². The second kappa shape index (κ2) is 6.66. The molecule has 0 amide bonds. The number of halogens is 1. The van der Waals surface area contributed by atoms with Crippen molar-refractivity contribution >= 4 is 14.9 Å². The van der Waals surface area contributed by atoms with Gasteiger partial charge in [0, 0.05) is 37.5 Å². The molecule has 1 N–H and O–H groups in total. The van der Waals surface area contributed by atoms with Gasteiger partial charge in [-0.15, -0.1) is 0 Å². The lowest BCUT2D eigenvalue weighted by Gasteiger charge is -2.33. The first kappa shape index (κ1) is 17.1. The van der Waals surface area contributed by atoms with Crippen molar-refractivity contribution in [3.63, 3.8) is 0 Å². The Kier molecular flexibility index (Phi) is 4.96. The van der Waals surface area contributed by atoms with Gasteiger partial charge in [-0.2, -0.15) is 0 Å². The van der Waals surface area contributed by atoms with Crippen molar-refractivity contribution < 1.29 is 9.13 Å². The molecule has 2 aliphatic rings. The van der Waals surface area contributed by atoms with Crippen molar-refractivity contribution in [3.05, 3.63) is 28.3 Å². The van der Waals surface area contributed by atoms with Crippen LogP contribution in [0.5, 0.6) is 0 Å². The zero-order valence-corrected chi connectivity index (χ0v) is 15.6. The van der Waals surface area contributed by atoms with Crippen LogP contribution in [0.1, 0.15) is 42.0 Å². The van der Waals surface area contributed by atoms with Crippen LogP contribution in [0.3, 0.4) is 0 Å². The number of nitrogens with one attached hydrogen (secondary N) is 1. The molecule has 0 aliphatic carbocycles. The fraction of sp³-hybridized carbons (Fsp3) is 0.667. The Morgan fingerprint density at radius 2 is 2.04 bits per heavy atom. The van der Waals surface area contributed by atoms with Gasteiger partial charge in [-0.3, -0.25) is 4.90 Å². The van der Waals surface area contributed by atoms with Crippen molar-refractivity contribution in [3.8, 4) is 0 Å². The van der Waals surface area contributed by atoms with Crippen LogP contribution in [0.25, 0.3) is 0 Å². The predicted octanol–water partition coefficient (Wildman–Crippen LogP) is 3.73. The van der Waals surface area contributed by atoms with Crippen LogP contribution >= 0.6 is 9.24 Å². The van der Waals surface area contributed by atoms with Crippen molar-refractivity contribution in [2.45, 2.75) is 51.7 Å². The SMILES string of the molecule is CCOC1CCN(Cc2c(C)cc(C)c3c2C(F)(P)CN3)CC1. The Morgan fingerprint density at radius 1 is 1.35 bits per heavy atom. The summed E-state index contributed by atoms with van der Waals surface area (Å²) in [6.07, 6.45) is 2.53. The molecule has 2 aliphatic heterocycles. The van der Waals surface area contributed by atoms with Gasteiger partial charge in [-0.25, -0.2) is 4.39 Å². The lowest BCUT2D eigenvalue weighted by atomic mass is 9.94. The van der Waals surface area contributed by atoms with Crippen LogP contribution in [0.2, 0.25) is 0 Å². The minimum Gasteiger partial charge on any atom is -0.381 e. The number of hydrogen-bond acceptors (Lipinski definition) is 3. The highest BCUT2D eigenvalue weighted by molar-refractivity contribution is 7.18. The average Bonchev–Trinajstić information content (AvgIpc) is 2.82. The molecule has 0 bridgehead atoms. The highest BCUT2D eigenvalue weighted by atomic mass is 31.0. The topological polar surface area (TPSA) is 24.5 Å². The molecule has 128 valence electrons. The van der Waals surface area contributed by atoms with Gasteiger partial charge in [-0.05, 0) is 50.3 Å². The highest BCUT2D eigenvalue weighted by Gasteiger charge is 2.38. The molecule has 2 atom stereocenters. The molecule has 1 aromatic rings. The van der Waals surface area contributed by atoms with E-state index in [9.17, 15) is 0 Å². The molecule has 0 spiro atoms. The van der Waals surface area contributed by atoms with E-state index in [4.69, 9.17) is 4.74 Å². The summed E-state index contributed by atoms with van der Waals surface area (Å²) >= 11 is 0. The molecule has 3 nitrogen and oxygen atoms in total.